The van der Waals surface area contributed by atoms with Crippen molar-refractivity contribution in [1.29, 1.82) is 0 Å². The number of hydrogen-bond donors (Lipinski definition) is 3. The molecule has 3 N–H and O–H groups in total. The van der Waals surface area contributed by atoms with Crippen LogP contribution in [0.3, 0.4) is 0 Å². The standard InChI is InChI=1S/C38H56N6O9/c1-9-22(4)31-37(50)44-19-11-13-28(44)36(49)43-18-10-12-27(43)35(48)42(7)29(20-25-14-16-26(52-8)17-15-25)33(46)40-30(21(2)3)38(51)53-23(5)32(34(47)41-31)39-24(6)45/h14-17,21-23,27-32H,9-13,18-20H2,1-8H3,(H,39,45)(H,40,46)(H,41,47)/t22-,23-,27+,28+,29+,30+,31-,32+/m1/s1. The summed E-state index contributed by atoms with van der Waals surface area (Å²) in [6.07, 6.45) is 1.26. The van der Waals surface area contributed by atoms with Crippen LogP contribution < -0.4 is 20.7 Å². The number of benzene rings is 1. The second-order valence-electron chi connectivity index (χ2n) is 14.8. The first-order valence-corrected chi connectivity index (χ1v) is 18.7. The number of carbonyl (C=O) groups is 7. The predicted molar refractivity (Wildman–Crippen MR) is 194 cm³/mol. The van der Waals surface area contributed by atoms with Gasteiger partial charge in [0.2, 0.25) is 35.4 Å². The molecule has 1 aromatic rings. The zero-order chi connectivity index (χ0) is 39.1. The summed E-state index contributed by atoms with van der Waals surface area (Å²) in [6, 6.07) is 0.623. The topological polar surface area (TPSA) is 184 Å². The summed E-state index contributed by atoms with van der Waals surface area (Å²) in [6.45, 7) is 10.4. The van der Waals surface area contributed by atoms with Gasteiger partial charge in [-0.1, -0.05) is 46.2 Å². The fourth-order valence-electron chi connectivity index (χ4n) is 7.34. The number of likely N-dealkylation sites (N-methyl/N-ethyl adjacent to an activating group) is 1. The Morgan fingerprint density at radius 3 is 2.00 bits per heavy atom. The minimum absolute atomic E-state index is 0.0850. The van der Waals surface area contributed by atoms with Crippen LogP contribution in [0, 0.1) is 11.8 Å². The van der Waals surface area contributed by atoms with Gasteiger partial charge in [0, 0.05) is 33.5 Å². The molecule has 8 atom stereocenters. The van der Waals surface area contributed by atoms with Gasteiger partial charge >= 0.3 is 5.97 Å². The number of esters is 1. The number of ether oxygens (including phenoxy) is 2. The summed E-state index contributed by atoms with van der Waals surface area (Å²) in [4.78, 5) is 101. The largest absolute Gasteiger partial charge is 0.497 e. The first-order chi connectivity index (χ1) is 25.1. The van der Waals surface area contributed by atoms with Gasteiger partial charge in [0.1, 0.15) is 48.1 Å². The second kappa shape index (κ2) is 17.9. The average Bonchev–Trinajstić information content (AvgIpc) is 3.83. The Morgan fingerprint density at radius 2 is 1.45 bits per heavy atom. The average molecular weight is 741 g/mol. The first kappa shape index (κ1) is 41.1. The molecule has 3 fully saturated rings. The van der Waals surface area contributed by atoms with Gasteiger partial charge in [-0.15, -0.1) is 0 Å². The molecular weight excluding hydrogens is 684 g/mol. The fraction of sp³-hybridized carbons (Fsp3) is 0.658. The molecule has 3 heterocycles. The smallest absolute Gasteiger partial charge is 0.329 e. The van der Waals surface area contributed by atoms with E-state index in [1.165, 1.54) is 35.6 Å². The molecule has 3 aliphatic rings. The number of fused-ring (bicyclic) bond motifs is 2. The van der Waals surface area contributed by atoms with Crippen molar-refractivity contribution in [1.82, 2.24) is 30.7 Å². The third-order valence-electron chi connectivity index (χ3n) is 10.8. The van der Waals surface area contributed by atoms with Crippen molar-refractivity contribution in [2.75, 3.05) is 27.2 Å². The minimum atomic E-state index is -1.38. The number of cyclic esters (lactones) is 1. The SMILES string of the molecule is CC[C@@H](C)[C@H]1NC(=O)[C@@H](NC(C)=O)[C@@H](C)OC(=O)[C@H](C(C)C)NC(=O)[C@H](Cc2ccc(OC)cc2)N(C)C(=O)[C@@H]2CCCN2C(=O)[C@@H]2CCCN2C1=O. The summed E-state index contributed by atoms with van der Waals surface area (Å²) < 4.78 is 11.1. The summed E-state index contributed by atoms with van der Waals surface area (Å²) in [5.41, 5.74) is 0.723. The third-order valence-corrected chi connectivity index (χ3v) is 10.8. The second-order valence-corrected chi connectivity index (χ2v) is 14.8. The Morgan fingerprint density at radius 1 is 0.887 bits per heavy atom. The molecule has 6 amide bonds. The summed E-state index contributed by atoms with van der Waals surface area (Å²) >= 11 is 0. The van der Waals surface area contributed by atoms with E-state index < -0.39 is 83.8 Å². The molecule has 15 heteroatoms. The molecule has 292 valence electrons. The van der Waals surface area contributed by atoms with Crippen LogP contribution in [-0.2, 0) is 44.7 Å². The lowest BCUT2D eigenvalue weighted by molar-refractivity contribution is -0.157. The van der Waals surface area contributed by atoms with Crippen molar-refractivity contribution < 1.29 is 43.0 Å². The Labute approximate surface area is 311 Å². The molecular formula is C38H56N6O9. The molecule has 0 radical (unpaired) electrons. The van der Waals surface area contributed by atoms with E-state index in [-0.39, 0.29) is 24.8 Å². The minimum Gasteiger partial charge on any atom is -0.497 e. The van der Waals surface area contributed by atoms with Gasteiger partial charge in [-0.2, -0.15) is 0 Å². The number of methoxy groups -OCH3 is 1. The highest BCUT2D eigenvalue weighted by atomic mass is 16.5. The van der Waals surface area contributed by atoms with E-state index in [4.69, 9.17) is 9.47 Å². The molecule has 1 aromatic carbocycles. The predicted octanol–water partition coefficient (Wildman–Crippen LogP) is 1.17. The Hall–Kier alpha value is -4.69. The van der Waals surface area contributed by atoms with Crippen molar-refractivity contribution in [3.8, 4) is 5.75 Å². The molecule has 15 nitrogen and oxygen atoms in total. The van der Waals surface area contributed by atoms with Crippen LogP contribution in [0.25, 0.3) is 0 Å². The van der Waals surface area contributed by atoms with E-state index in [9.17, 15) is 33.6 Å². The number of nitrogens with one attached hydrogen (secondary N) is 3. The van der Waals surface area contributed by atoms with Crippen molar-refractivity contribution in [2.24, 2.45) is 11.8 Å². The van der Waals surface area contributed by atoms with Crippen molar-refractivity contribution in [2.45, 2.75) is 122 Å². The molecule has 3 saturated heterocycles. The molecule has 0 aromatic heterocycles. The van der Waals surface area contributed by atoms with Gasteiger partial charge in [0.25, 0.3) is 0 Å². The maximum atomic E-state index is 14.4. The summed E-state index contributed by atoms with van der Waals surface area (Å²) in [7, 11) is 3.06. The van der Waals surface area contributed by atoms with Crippen molar-refractivity contribution in [3.63, 3.8) is 0 Å². The van der Waals surface area contributed by atoms with Crippen LogP contribution in [0.2, 0.25) is 0 Å². The van der Waals surface area contributed by atoms with Crippen LogP contribution in [0.1, 0.15) is 79.2 Å². The van der Waals surface area contributed by atoms with E-state index >= 15 is 0 Å². The van der Waals surface area contributed by atoms with Crippen LogP contribution in [-0.4, -0.2) is 126 Å². The maximum Gasteiger partial charge on any atom is 0.329 e. The monoisotopic (exact) mass is 740 g/mol. The number of nitrogens with zero attached hydrogens (tertiary/aromatic N) is 3. The quantitative estimate of drug-likeness (QED) is 0.346. The van der Waals surface area contributed by atoms with Gasteiger partial charge in [-0.05, 0) is 62.1 Å². The molecule has 53 heavy (non-hydrogen) atoms. The van der Waals surface area contributed by atoms with E-state index in [0.29, 0.717) is 44.4 Å². The van der Waals surface area contributed by atoms with Crippen LogP contribution in [0.15, 0.2) is 24.3 Å². The summed E-state index contributed by atoms with van der Waals surface area (Å²) in [5.74, 6) is -4.22. The lowest BCUT2D eigenvalue weighted by Gasteiger charge is -2.36. The van der Waals surface area contributed by atoms with Gasteiger partial charge < -0.3 is 40.1 Å². The van der Waals surface area contributed by atoms with Crippen molar-refractivity contribution in [3.05, 3.63) is 29.8 Å². The highest BCUT2D eigenvalue weighted by molar-refractivity contribution is 5.98. The molecule has 3 aliphatic heterocycles. The molecule has 0 unspecified atom stereocenters. The lowest BCUT2D eigenvalue weighted by Crippen LogP contribution is -2.61. The summed E-state index contributed by atoms with van der Waals surface area (Å²) in [5, 5.41) is 8.14. The number of rotatable bonds is 7. The van der Waals surface area contributed by atoms with Crippen LogP contribution in [0.5, 0.6) is 5.75 Å². The lowest BCUT2D eigenvalue weighted by atomic mass is 9.96. The third kappa shape index (κ3) is 9.46. The van der Waals surface area contributed by atoms with Gasteiger partial charge in [0.15, 0.2) is 0 Å². The number of hydrogen-bond acceptors (Lipinski definition) is 9. The highest BCUT2D eigenvalue weighted by Gasteiger charge is 2.46. The van der Waals surface area contributed by atoms with Gasteiger partial charge in [0.05, 0.1) is 7.11 Å². The Bertz CT molecular complexity index is 1530. The van der Waals surface area contributed by atoms with E-state index in [1.807, 2.05) is 13.8 Å². The van der Waals surface area contributed by atoms with Crippen LogP contribution >= 0.6 is 0 Å². The zero-order valence-electron chi connectivity index (χ0n) is 32.2. The normalized spacial score (nSPS) is 28.6. The maximum absolute atomic E-state index is 14.4. The van der Waals surface area contributed by atoms with E-state index in [0.717, 1.165) is 5.56 Å². The van der Waals surface area contributed by atoms with Gasteiger partial charge in [-0.25, -0.2) is 4.79 Å². The van der Waals surface area contributed by atoms with E-state index in [1.54, 1.807) is 45.2 Å². The van der Waals surface area contributed by atoms with E-state index in [2.05, 4.69) is 16.0 Å². The number of carbonyl (C=O) groups excluding carboxylic acids is 7. The molecule has 0 aliphatic carbocycles. The van der Waals surface area contributed by atoms with Gasteiger partial charge in [-0.3, -0.25) is 28.8 Å². The zero-order valence-corrected chi connectivity index (χ0v) is 32.2. The first-order valence-electron chi connectivity index (χ1n) is 18.7. The Balaban J connectivity index is 1.80. The molecule has 4 rings (SSSR count). The molecule has 0 spiro atoms. The fourth-order valence-corrected chi connectivity index (χ4v) is 7.34. The highest BCUT2D eigenvalue weighted by Crippen LogP contribution is 2.28. The van der Waals surface area contributed by atoms with Crippen LogP contribution in [0.4, 0.5) is 0 Å². The Kier molecular flexibility index (Phi) is 13.9. The van der Waals surface area contributed by atoms with Crippen molar-refractivity contribution >= 4 is 41.4 Å². The number of amides is 6. The molecule has 0 saturated carbocycles. The molecule has 0 bridgehead atoms.